The molecule has 4 N–H and O–H groups in total. The first kappa shape index (κ1) is 17.7. The summed E-state index contributed by atoms with van der Waals surface area (Å²) in [4.78, 5) is 36.9. The zero-order valence-electron chi connectivity index (χ0n) is 13.8. The van der Waals surface area contributed by atoms with Crippen LogP contribution in [0.1, 0.15) is 45.4 Å². The van der Waals surface area contributed by atoms with Gasteiger partial charge in [0.15, 0.2) is 0 Å². The van der Waals surface area contributed by atoms with Gasteiger partial charge in [-0.05, 0) is 44.7 Å². The second-order valence-corrected chi connectivity index (χ2v) is 6.84. The molecule has 0 spiro atoms. The Morgan fingerprint density at radius 1 is 1.09 bits per heavy atom. The Morgan fingerprint density at radius 3 is 2.35 bits per heavy atom. The molecule has 0 unspecified atom stereocenters. The fraction of sp³-hybridized carbons (Fsp3) is 0.812. The molecule has 1 aliphatic carbocycles. The summed E-state index contributed by atoms with van der Waals surface area (Å²) in [5, 5.41) is 5.31. The number of nitrogens with two attached hydrogens (primary N) is 1. The number of likely N-dealkylation sites (tertiary alicyclic amines) is 1. The van der Waals surface area contributed by atoms with Crippen molar-refractivity contribution in [2.24, 2.45) is 17.6 Å². The Bertz CT molecular complexity index is 447. The zero-order valence-corrected chi connectivity index (χ0v) is 13.8. The highest BCUT2D eigenvalue weighted by Gasteiger charge is 2.26. The minimum absolute atomic E-state index is 0.0922. The van der Waals surface area contributed by atoms with Gasteiger partial charge >= 0.3 is 6.03 Å². The monoisotopic (exact) mass is 324 g/mol. The van der Waals surface area contributed by atoms with Gasteiger partial charge in [0.2, 0.25) is 11.8 Å². The molecule has 4 amide bonds. The number of imide groups is 1. The zero-order chi connectivity index (χ0) is 16.8. The van der Waals surface area contributed by atoms with Crippen molar-refractivity contribution >= 4 is 17.8 Å². The highest BCUT2D eigenvalue weighted by atomic mass is 16.2. The first-order valence-corrected chi connectivity index (χ1v) is 8.57. The van der Waals surface area contributed by atoms with E-state index in [4.69, 9.17) is 5.73 Å². The van der Waals surface area contributed by atoms with Crippen LogP contribution in [0, 0.1) is 11.8 Å². The van der Waals surface area contributed by atoms with Crippen molar-refractivity contribution in [3.63, 3.8) is 0 Å². The number of carbonyl (C=O) groups is 3. The van der Waals surface area contributed by atoms with Crippen LogP contribution >= 0.6 is 0 Å². The lowest BCUT2D eigenvalue weighted by Crippen LogP contribution is -2.50. The normalized spacial score (nSPS) is 26.5. The summed E-state index contributed by atoms with van der Waals surface area (Å²) < 4.78 is 0. The van der Waals surface area contributed by atoms with Crippen molar-refractivity contribution < 1.29 is 14.4 Å². The third-order valence-corrected chi connectivity index (χ3v) is 5.04. The molecular formula is C16H28N4O3. The standard InChI is InChI=1S/C16H28N4O3/c1-11-4-2-3-5-13(11)18-16(23)19-14(21)10-20-8-6-12(7-9-20)15(17)22/h11-13H,2-10H2,1H3,(H2,17,22)(H2,18,19,21,23)/t11-,13-/m1/s1. The molecule has 2 rings (SSSR count). The molecule has 2 atom stereocenters. The predicted octanol–water partition coefficient (Wildman–Crippen LogP) is 0.588. The summed E-state index contributed by atoms with van der Waals surface area (Å²) >= 11 is 0. The number of urea groups is 1. The van der Waals surface area contributed by atoms with Crippen LogP contribution < -0.4 is 16.4 Å². The molecule has 130 valence electrons. The summed E-state index contributed by atoms with van der Waals surface area (Å²) in [6.45, 7) is 3.62. The number of rotatable bonds is 4. The highest BCUT2D eigenvalue weighted by molar-refractivity contribution is 5.95. The minimum atomic E-state index is -0.402. The van der Waals surface area contributed by atoms with Crippen molar-refractivity contribution in [2.45, 2.75) is 51.5 Å². The number of amides is 4. The van der Waals surface area contributed by atoms with Gasteiger partial charge < -0.3 is 11.1 Å². The Balaban J connectivity index is 1.68. The number of nitrogens with one attached hydrogen (secondary N) is 2. The molecular weight excluding hydrogens is 296 g/mol. The maximum Gasteiger partial charge on any atom is 0.321 e. The van der Waals surface area contributed by atoms with E-state index < -0.39 is 6.03 Å². The molecule has 1 aliphatic heterocycles. The lowest BCUT2D eigenvalue weighted by atomic mass is 9.86. The van der Waals surface area contributed by atoms with E-state index in [0.29, 0.717) is 31.8 Å². The Labute approximate surface area is 137 Å². The van der Waals surface area contributed by atoms with Crippen molar-refractivity contribution in [2.75, 3.05) is 19.6 Å². The predicted molar refractivity (Wildman–Crippen MR) is 86.5 cm³/mol. The van der Waals surface area contributed by atoms with Gasteiger partial charge in [-0.3, -0.25) is 19.8 Å². The van der Waals surface area contributed by atoms with Crippen molar-refractivity contribution in [1.29, 1.82) is 0 Å². The van der Waals surface area contributed by atoms with E-state index in [9.17, 15) is 14.4 Å². The fourth-order valence-corrected chi connectivity index (χ4v) is 3.48. The third kappa shape index (κ3) is 5.49. The van der Waals surface area contributed by atoms with Crippen LogP contribution in [0.25, 0.3) is 0 Å². The summed E-state index contributed by atoms with van der Waals surface area (Å²) in [6.07, 6.45) is 5.78. The lowest BCUT2D eigenvalue weighted by molar-refractivity contribution is -0.123. The summed E-state index contributed by atoms with van der Waals surface area (Å²) in [5.74, 6) is -0.207. The van der Waals surface area contributed by atoms with E-state index in [1.807, 2.05) is 4.90 Å². The SMILES string of the molecule is C[C@@H]1CCCC[C@H]1NC(=O)NC(=O)CN1CCC(C(N)=O)CC1. The van der Waals surface area contributed by atoms with E-state index in [2.05, 4.69) is 17.6 Å². The van der Waals surface area contributed by atoms with Gasteiger partial charge in [0.05, 0.1) is 6.54 Å². The van der Waals surface area contributed by atoms with E-state index in [1.54, 1.807) is 0 Å². The van der Waals surface area contributed by atoms with Gasteiger partial charge in [0, 0.05) is 12.0 Å². The molecule has 0 aromatic carbocycles. The molecule has 7 heteroatoms. The first-order chi connectivity index (χ1) is 11.0. The second-order valence-electron chi connectivity index (χ2n) is 6.84. The van der Waals surface area contributed by atoms with Gasteiger partial charge in [-0.15, -0.1) is 0 Å². The topological polar surface area (TPSA) is 105 Å². The van der Waals surface area contributed by atoms with Crippen LogP contribution in [0.4, 0.5) is 4.79 Å². The number of carbonyl (C=O) groups excluding carboxylic acids is 3. The fourth-order valence-electron chi connectivity index (χ4n) is 3.48. The lowest BCUT2D eigenvalue weighted by Gasteiger charge is -2.30. The van der Waals surface area contributed by atoms with E-state index in [-0.39, 0.29) is 30.3 Å². The Hall–Kier alpha value is -1.63. The summed E-state index contributed by atoms with van der Waals surface area (Å²) in [5.41, 5.74) is 5.29. The van der Waals surface area contributed by atoms with E-state index in [0.717, 1.165) is 19.3 Å². The third-order valence-electron chi connectivity index (χ3n) is 5.04. The van der Waals surface area contributed by atoms with Gasteiger partial charge in [-0.2, -0.15) is 0 Å². The summed E-state index contributed by atoms with van der Waals surface area (Å²) in [7, 11) is 0. The Morgan fingerprint density at radius 2 is 1.74 bits per heavy atom. The molecule has 0 aromatic heterocycles. The largest absolute Gasteiger partial charge is 0.369 e. The molecule has 0 bridgehead atoms. The molecule has 2 fully saturated rings. The quantitative estimate of drug-likeness (QED) is 0.704. The maximum absolute atomic E-state index is 12.0. The molecule has 2 aliphatic rings. The number of nitrogens with zero attached hydrogens (tertiary/aromatic N) is 1. The number of hydrogen-bond acceptors (Lipinski definition) is 4. The van der Waals surface area contributed by atoms with Crippen LogP contribution in [0.5, 0.6) is 0 Å². The molecule has 0 radical (unpaired) electrons. The van der Waals surface area contributed by atoms with Crippen LogP contribution in [-0.4, -0.2) is 48.4 Å². The van der Waals surface area contributed by atoms with E-state index in [1.165, 1.54) is 6.42 Å². The minimum Gasteiger partial charge on any atom is -0.369 e. The van der Waals surface area contributed by atoms with Crippen LogP contribution in [0.2, 0.25) is 0 Å². The van der Waals surface area contributed by atoms with Gasteiger partial charge in [0.1, 0.15) is 0 Å². The average Bonchev–Trinajstić information content (AvgIpc) is 2.50. The van der Waals surface area contributed by atoms with Crippen molar-refractivity contribution in [1.82, 2.24) is 15.5 Å². The smallest absolute Gasteiger partial charge is 0.321 e. The van der Waals surface area contributed by atoms with Crippen LogP contribution in [0.15, 0.2) is 0 Å². The maximum atomic E-state index is 12.0. The number of primary amides is 1. The van der Waals surface area contributed by atoms with Crippen LogP contribution in [0.3, 0.4) is 0 Å². The van der Waals surface area contributed by atoms with Crippen LogP contribution in [-0.2, 0) is 9.59 Å². The number of piperidine rings is 1. The molecule has 1 saturated carbocycles. The van der Waals surface area contributed by atoms with Crippen molar-refractivity contribution in [3.8, 4) is 0 Å². The molecule has 0 aromatic rings. The van der Waals surface area contributed by atoms with Gasteiger partial charge in [-0.25, -0.2) is 4.79 Å². The summed E-state index contributed by atoms with van der Waals surface area (Å²) in [6, 6.07) is -0.247. The highest BCUT2D eigenvalue weighted by Crippen LogP contribution is 2.23. The molecule has 1 saturated heterocycles. The van der Waals surface area contributed by atoms with E-state index >= 15 is 0 Å². The Kier molecular flexibility index (Phi) is 6.38. The average molecular weight is 324 g/mol. The molecule has 1 heterocycles. The number of hydrogen-bond donors (Lipinski definition) is 3. The van der Waals surface area contributed by atoms with Gasteiger partial charge in [0.25, 0.3) is 0 Å². The molecule has 23 heavy (non-hydrogen) atoms. The first-order valence-electron chi connectivity index (χ1n) is 8.57. The van der Waals surface area contributed by atoms with Crippen molar-refractivity contribution in [3.05, 3.63) is 0 Å². The second kappa shape index (κ2) is 8.29. The van der Waals surface area contributed by atoms with Gasteiger partial charge in [-0.1, -0.05) is 19.8 Å². The molecule has 7 nitrogen and oxygen atoms in total.